The van der Waals surface area contributed by atoms with E-state index in [-0.39, 0.29) is 10.6 Å². The Morgan fingerprint density at radius 1 is 1.37 bits per heavy atom. The highest BCUT2D eigenvalue weighted by molar-refractivity contribution is 5.57. The second-order valence-electron chi connectivity index (χ2n) is 5.10. The maximum Gasteiger partial charge on any atom is 0.330 e. The Hall–Kier alpha value is -1.67. The normalized spacial score (nSPS) is 21.4. The summed E-state index contributed by atoms with van der Waals surface area (Å²) in [5.74, 6) is 0.499. The van der Waals surface area contributed by atoms with Gasteiger partial charge >= 0.3 is 5.69 Å². The lowest BCUT2D eigenvalue weighted by Gasteiger charge is -2.43. The van der Waals surface area contributed by atoms with Crippen LogP contribution in [0.3, 0.4) is 0 Å². The van der Waals surface area contributed by atoms with Gasteiger partial charge in [-0.1, -0.05) is 0 Å². The van der Waals surface area contributed by atoms with Gasteiger partial charge in [-0.15, -0.1) is 5.10 Å². The van der Waals surface area contributed by atoms with Crippen LogP contribution in [-0.2, 0) is 7.05 Å². The number of nitrogens with one attached hydrogen (secondary N) is 1. The molecule has 2 aliphatic rings. The maximum atomic E-state index is 11.0. The Kier molecular flexibility index (Phi) is 3.11. The fourth-order valence-corrected chi connectivity index (χ4v) is 2.65. The molecule has 0 radical (unpaired) electrons. The van der Waals surface area contributed by atoms with Gasteiger partial charge in [0.25, 0.3) is 0 Å². The molecule has 1 aromatic rings. The lowest BCUT2D eigenvalue weighted by atomic mass is 10.1. The van der Waals surface area contributed by atoms with E-state index in [2.05, 4.69) is 15.3 Å². The zero-order chi connectivity index (χ0) is 13.4. The Morgan fingerprint density at radius 2 is 2.05 bits per heavy atom. The second kappa shape index (κ2) is 4.78. The van der Waals surface area contributed by atoms with Crippen molar-refractivity contribution >= 4 is 11.5 Å². The minimum absolute atomic E-state index is 0.0984. The fraction of sp³-hybridized carbons (Fsp3) is 0.727. The van der Waals surface area contributed by atoms with Crippen molar-refractivity contribution in [3.8, 4) is 0 Å². The predicted molar refractivity (Wildman–Crippen MR) is 70.3 cm³/mol. The zero-order valence-electron chi connectivity index (χ0n) is 10.9. The molecule has 8 heteroatoms. The molecule has 3 rings (SSSR count). The van der Waals surface area contributed by atoms with Crippen LogP contribution < -0.4 is 10.2 Å². The minimum atomic E-state index is -0.357. The lowest BCUT2D eigenvalue weighted by molar-refractivity contribution is -0.384. The molecule has 1 aromatic heterocycles. The highest BCUT2D eigenvalue weighted by Crippen LogP contribution is 2.27. The van der Waals surface area contributed by atoms with Gasteiger partial charge in [0.2, 0.25) is 5.82 Å². The average Bonchev–Trinajstić information content (AvgIpc) is 2.70. The molecule has 0 atom stereocenters. The van der Waals surface area contributed by atoms with Gasteiger partial charge in [0.05, 0.1) is 4.92 Å². The van der Waals surface area contributed by atoms with Gasteiger partial charge in [0, 0.05) is 52.4 Å². The molecular formula is C11H18N6O2. The number of aromatic nitrogens is 2. The summed E-state index contributed by atoms with van der Waals surface area (Å²) in [6.45, 7) is 5.61. The first-order chi connectivity index (χ1) is 9.15. The molecule has 0 aliphatic carbocycles. The molecule has 2 saturated heterocycles. The van der Waals surface area contributed by atoms with E-state index >= 15 is 0 Å². The van der Waals surface area contributed by atoms with Crippen molar-refractivity contribution in [2.24, 2.45) is 7.05 Å². The monoisotopic (exact) mass is 266 g/mol. The van der Waals surface area contributed by atoms with E-state index in [1.807, 2.05) is 4.90 Å². The number of hydrogen-bond acceptors (Lipinski definition) is 6. The van der Waals surface area contributed by atoms with Crippen LogP contribution in [-0.4, -0.2) is 64.9 Å². The Morgan fingerprint density at radius 3 is 2.58 bits per heavy atom. The van der Waals surface area contributed by atoms with E-state index in [4.69, 9.17) is 0 Å². The summed E-state index contributed by atoms with van der Waals surface area (Å²) in [7, 11) is 1.72. The lowest BCUT2D eigenvalue weighted by Crippen LogP contribution is -2.61. The first-order valence-corrected chi connectivity index (χ1v) is 6.53. The number of aryl methyl sites for hydroxylation is 1. The smallest absolute Gasteiger partial charge is 0.330 e. The molecule has 1 N–H and O–H groups in total. The first kappa shape index (κ1) is 12.4. The second-order valence-corrected chi connectivity index (χ2v) is 5.10. The fourth-order valence-electron chi connectivity index (χ4n) is 2.65. The van der Waals surface area contributed by atoms with Crippen LogP contribution in [0.2, 0.25) is 0 Å². The summed E-state index contributed by atoms with van der Waals surface area (Å²) in [6.07, 6.45) is 1.47. The van der Waals surface area contributed by atoms with Crippen molar-refractivity contribution < 1.29 is 4.92 Å². The van der Waals surface area contributed by atoms with E-state index < -0.39 is 0 Å². The highest BCUT2D eigenvalue weighted by Gasteiger charge is 2.31. The van der Waals surface area contributed by atoms with Crippen molar-refractivity contribution in [2.75, 3.05) is 44.2 Å². The van der Waals surface area contributed by atoms with Crippen LogP contribution in [0.25, 0.3) is 0 Å². The molecule has 8 nitrogen and oxygen atoms in total. The average molecular weight is 266 g/mol. The summed E-state index contributed by atoms with van der Waals surface area (Å²) < 4.78 is 1.51. The molecule has 104 valence electrons. The van der Waals surface area contributed by atoms with Crippen LogP contribution in [0, 0.1) is 10.1 Å². The van der Waals surface area contributed by atoms with Gasteiger partial charge in [-0.05, 0) is 0 Å². The van der Waals surface area contributed by atoms with Crippen LogP contribution >= 0.6 is 0 Å². The standard InChI is InChI=1S/C11H18N6O2/c1-14-8-10(17(18)19)11(13-14)16-4-2-15(3-5-16)9-6-12-7-9/h8-9,12H,2-7H2,1H3. The molecule has 0 aromatic carbocycles. The van der Waals surface area contributed by atoms with Crippen molar-refractivity contribution in [2.45, 2.75) is 6.04 Å². The maximum absolute atomic E-state index is 11.0. The number of hydrogen-bond donors (Lipinski definition) is 1. The Bertz CT molecular complexity index is 476. The van der Waals surface area contributed by atoms with E-state index in [1.165, 1.54) is 10.9 Å². The van der Waals surface area contributed by atoms with Gasteiger partial charge in [0.1, 0.15) is 6.20 Å². The third-order valence-electron chi connectivity index (χ3n) is 3.88. The van der Waals surface area contributed by atoms with Gasteiger partial charge in [-0.2, -0.15) is 0 Å². The van der Waals surface area contributed by atoms with E-state index in [9.17, 15) is 10.1 Å². The molecule has 0 saturated carbocycles. The first-order valence-electron chi connectivity index (χ1n) is 6.53. The minimum Gasteiger partial charge on any atom is -0.347 e. The number of nitro groups is 1. The number of anilines is 1. The molecule has 2 fully saturated rings. The van der Waals surface area contributed by atoms with E-state index in [0.29, 0.717) is 11.9 Å². The van der Waals surface area contributed by atoms with Gasteiger partial charge in [-0.3, -0.25) is 19.7 Å². The molecule has 3 heterocycles. The molecule has 2 aliphatic heterocycles. The van der Waals surface area contributed by atoms with Crippen molar-refractivity contribution in [3.05, 3.63) is 16.3 Å². The van der Waals surface area contributed by atoms with Gasteiger partial charge in [-0.25, -0.2) is 0 Å². The van der Waals surface area contributed by atoms with Crippen LogP contribution in [0.4, 0.5) is 11.5 Å². The topological polar surface area (TPSA) is 79.5 Å². The molecule has 19 heavy (non-hydrogen) atoms. The van der Waals surface area contributed by atoms with Crippen molar-refractivity contribution in [1.82, 2.24) is 20.0 Å². The number of rotatable bonds is 3. The van der Waals surface area contributed by atoms with Gasteiger partial charge in [0.15, 0.2) is 0 Å². The molecule has 0 bridgehead atoms. The SMILES string of the molecule is Cn1cc([N+](=O)[O-])c(N2CCN(C3CNC3)CC2)n1. The molecule has 0 unspecified atom stereocenters. The van der Waals surface area contributed by atoms with Crippen molar-refractivity contribution in [3.63, 3.8) is 0 Å². The summed E-state index contributed by atoms with van der Waals surface area (Å²) in [6, 6.07) is 0.640. The molecule has 0 spiro atoms. The molecule has 0 amide bonds. The largest absolute Gasteiger partial charge is 0.347 e. The number of piperazine rings is 1. The Balaban J connectivity index is 1.69. The zero-order valence-corrected chi connectivity index (χ0v) is 10.9. The highest BCUT2D eigenvalue weighted by atomic mass is 16.6. The predicted octanol–water partition coefficient (Wildman–Crippen LogP) is -0.578. The van der Waals surface area contributed by atoms with Crippen LogP contribution in [0.5, 0.6) is 0 Å². The van der Waals surface area contributed by atoms with Crippen LogP contribution in [0.1, 0.15) is 0 Å². The third-order valence-corrected chi connectivity index (χ3v) is 3.88. The summed E-state index contributed by atoms with van der Waals surface area (Å²) >= 11 is 0. The van der Waals surface area contributed by atoms with E-state index in [1.54, 1.807) is 7.05 Å². The van der Waals surface area contributed by atoms with Crippen LogP contribution in [0.15, 0.2) is 6.20 Å². The number of nitrogens with zero attached hydrogens (tertiary/aromatic N) is 5. The van der Waals surface area contributed by atoms with Gasteiger partial charge < -0.3 is 10.2 Å². The third kappa shape index (κ3) is 2.28. The molecular weight excluding hydrogens is 248 g/mol. The summed E-state index contributed by atoms with van der Waals surface area (Å²) in [5, 5.41) is 18.5. The summed E-state index contributed by atoms with van der Waals surface area (Å²) in [5.41, 5.74) is 0.0984. The summed E-state index contributed by atoms with van der Waals surface area (Å²) in [4.78, 5) is 15.1. The van der Waals surface area contributed by atoms with E-state index in [0.717, 1.165) is 39.3 Å². The van der Waals surface area contributed by atoms with Crippen molar-refractivity contribution in [1.29, 1.82) is 0 Å². The quantitative estimate of drug-likeness (QED) is 0.582. The Labute approximate surface area is 111 Å².